The molecule has 0 atom stereocenters. The Balaban J connectivity index is 1.85. The fourth-order valence-corrected chi connectivity index (χ4v) is 2.84. The molecule has 0 radical (unpaired) electrons. The summed E-state index contributed by atoms with van der Waals surface area (Å²) in [6.45, 7) is 2.46. The molecule has 1 saturated heterocycles. The summed E-state index contributed by atoms with van der Waals surface area (Å²) in [6, 6.07) is 7.42. The Morgan fingerprint density at radius 1 is 1.44 bits per heavy atom. The Kier molecular flexibility index (Phi) is 4.90. The third-order valence-electron chi connectivity index (χ3n) is 2.82. The lowest BCUT2D eigenvalue weighted by atomic mass is 10.3. The number of carbonyl (C=O) groups is 1. The van der Waals surface area contributed by atoms with E-state index < -0.39 is 0 Å². The second kappa shape index (κ2) is 6.66. The van der Waals surface area contributed by atoms with Crippen LogP contribution in [0.25, 0.3) is 0 Å². The predicted octanol–water partition coefficient (Wildman–Crippen LogP) is 1.68. The van der Waals surface area contributed by atoms with Crippen molar-refractivity contribution in [1.29, 1.82) is 0 Å². The molecule has 1 heterocycles. The Hall–Kier alpha value is -1.20. The van der Waals surface area contributed by atoms with Crippen molar-refractivity contribution in [3.8, 4) is 5.75 Å². The van der Waals surface area contributed by atoms with Crippen LogP contribution < -0.4 is 10.1 Å². The maximum Gasteiger partial charge on any atom is 0.238 e. The number of nitrogens with zero attached hydrogens (tertiary/aromatic N) is 1. The molecule has 0 aromatic heterocycles. The van der Waals surface area contributed by atoms with Gasteiger partial charge in [0.1, 0.15) is 5.75 Å². The number of rotatable bonds is 4. The highest BCUT2D eigenvalue weighted by Gasteiger charge is 2.14. The lowest BCUT2D eigenvalue weighted by molar-refractivity contribution is -0.117. The third-order valence-corrected chi connectivity index (χ3v) is 3.77. The lowest BCUT2D eigenvalue weighted by Crippen LogP contribution is -2.38. The summed E-state index contributed by atoms with van der Waals surface area (Å²) in [5.41, 5.74) is 0.783. The van der Waals surface area contributed by atoms with Gasteiger partial charge in [-0.1, -0.05) is 6.07 Å². The minimum absolute atomic E-state index is 0.0372. The van der Waals surface area contributed by atoms with Gasteiger partial charge in [0.2, 0.25) is 5.91 Å². The van der Waals surface area contributed by atoms with Gasteiger partial charge in [0.05, 0.1) is 13.7 Å². The Morgan fingerprint density at radius 3 is 2.94 bits per heavy atom. The first kappa shape index (κ1) is 13.2. The van der Waals surface area contributed by atoms with Gasteiger partial charge in [-0.25, -0.2) is 0 Å². The largest absolute Gasteiger partial charge is 0.497 e. The summed E-state index contributed by atoms with van der Waals surface area (Å²) >= 11 is 1.94. The number of thioether (sulfide) groups is 1. The Morgan fingerprint density at radius 2 is 2.22 bits per heavy atom. The summed E-state index contributed by atoms with van der Waals surface area (Å²) in [6.07, 6.45) is 0. The second-order valence-electron chi connectivity index (χ2n) is 4.17. The summed E-state index contributed by atoms with van der Waals surface area (Å²) in [5, 5.41) is 2.90. The first-order valence-corrected chi connectivity index (χ1v) is 7.17. The molecule has 1 aromatic carbocycles. The molecule has 1 fully saturated rings. The lowest BCUT2D eigenvalue weighted by Gasteiger charge is -2.25. The highest BCUT2D eigenvalue weighted by molar-refractivity contribution is 7.99. The number of benzene rings is 1. The summed E-state index contributed by atoms with van der Waals surface area (Å²) in [4.78, 5) is 14.1. The van der Waals surface area contributed by atoms with E-state index in [1.807, 2.05) is 36.0 Å². The molecule has 5 heteroatoms. The van der Waals surface area contributed by atoms with Crippen LogP contribution in [-0.4, -0.2) is 49.1 Å². The number of nitrogens with one attached hydrogen (secondary N) is 1. The topological polar surface area (TPSA) is 41.6 Å². The molecule has 18 heavy (non-hydrogen) atoms. The van der Waals surface area contributed by atoms with Crippen molar-refractivity contribution in [2.45, 2.75) is 0 Å². The van der Waals surface area contributed by atoms with E-state index in [-0.39, 0.29) is 5.91 Å². The SMILES string of the molecule is COc1cccc(NC(=O)CN2CCSCC2)c1. The van der Waals surface area contributed by atoms with Crippen LogP contribution in [-0.2, 0) is 4.79 Å². The van der Waals surface area contributed by atoms with Crippen molar-refractivity contribution in [1.82, 2.24) is 4.90 Å². The summed E-state index contributed by atoms with van der Waals surface area (Å²) < 4.78 is 5.12. The van der Waals surface area contributed by atoms with Gasteiger partial charge in [0.15, 0.2) is 0 Å². The van der Waals surface area contributed by atoms with E-state index in [9.17, 15) is 4.79 Å². The normalized spacial score (nSPS) is 16.3. The van der Waals surface area contributed by atoms with Gasteiger partial charge in [-0.05, 0) is 12.1 Å². The van der Waals surface area contributed by atoms with Crippen molar-refractivity contribution in [3.05, 3.63) is 24.3 Å². The molecule has 0 aliphatic carbocycles. The molecule has 1 amide bonds. The van der Waals surface area contributed by atoms with Gasteiger partial charge >= 0.3 is 0 Å². The van der Waals surface area contributed by atoms with Crippen molar-refractivity contribution >= 4 is 23.4 Å². The molecule has 1 N–H and O–H groups in total. The molecular formula is C13H18N2O2S. The third kappa shape index (κ3) is 3.92. The van der Waals surface area contributed by atoms with Crippen molar-refractivity contribution in [2.24, 2.45) is 0 Å². The standard InChI is InChI=1S/C13H18N2O2S/c1-17-12-4-2-3-11(9-12)14-13(16)10-15-5-7-18-8-6-15/h2-4,9H,5-8,10H2,1H3,(H,14,16). The average Bonchev–Trinajstić information content (AvgIpc) is 2.40. The fraction of sp³-hybridized carbons (Fsp3) is 0.462. The van der Waals surface area contributed by atoms with E-state index in [1.54, 1.807) is 7.11 Å². The smallest absolute Gasteiger partial charge is 0.238 e. The van der Waals surface area contributed by atoms with Crippen LogP contribution in [0.1, 0.15) is 0 Å². The zero-order valence-electron chi connectivity index (χ0n) is 10.5. The van der Waals surface area contributed by atoms with E-state index in [2.05, 4.69) is 10.2 Å². The zero-order chi connectivity index (χ0) is 12.8. The van der Waals surface area contributed by atoms with E-state index >= 15 is 0 Å². The van der Waals surface area contributed by atoms with Gasteiger partial charge in [-0.3, -0.25) is 9.69 Å². The number of anilines is 1. The second-order valence-corrected chi connectivity index (χ2v) is 5.39. The number of hydrogen-bond donors (Lipinski definition) is 1. The molecule has 2 rings (SSSR count). The Labute approximate surface area is 112 Å². The maximum atomic E-state index is 11.9. The van der Waals surface area contributed by atoms with Gasteiger partial charge in [0.25, 0.3) is 0 Å². The van der Waals surface area contributed by atoms with Crippen LogP contribution in [0.3, 0.4) is 0 Å². The van der Waals surface area contributed by atoms with Gasteiger partial charge in [-0.2, -0.15) is 11.8 Å². The number of methoxy groups -OCH3 is 1. The van der Waals surface area contributed by atoms with E-state index in [4.69, 9.17) is 4.74 Å². The van der Waals surface area contributed by atoms with Crippen LogP contribution in [0, 0.1) is 0 Å². The molecule has 0 spiro atoms. The highest BCUT2D eigenvalue weighted by Crippen LogP contribution is 2.16. The van der Waals surface area contributed by atoms with Crippen molar-refractivity contribution in [3.63, 3.8) is 0 Å². The number of ether oxygens (including phenoxy) is 1. The Bertz CT molecular complexity index is 406. The minimum Gasteiger partial charge on any atom is -0.497 e. The summed E-state index contributed by atoms with van der Waals surface area (Å²) in [7, 11) is 1.62. The molecule has 98 valence electrons. The molecular weight excluding hydrogens is 248 g/mol. The van der Waals surface area contributed by atoms with Crippen LogP contribution in [0.5, 0.6) is 5.75 Å². The fourth-order valence-electron chi connectivity index (χ4n) is 1.86. The van der Waals surface area contributed by atoms with Crippen LogP contribution in [0.15, 0.2) is 24.3 Å². The molecule has 1 aromatic rings. The monoisotopic (exact) mass is 266 g/mol. The average molecular weight is 266 g/mol. The van der Waals surface area contributed by atoms with E-state index in [1.165, 1.54) is 0 Å². The molecule has 1 aliphatic rings. The first-order valence-electron chi connectivity index (χ1n) is 6.02. The number of hydrogen-bond acceptors (Lipinski definition) is 4. The first-order chi connectivity index (χ1) is 8.78. The number of amides is 1. The molecule has 0 bridgehead atoms. The van der Waals surface area contributed by atoms with Crippen molar-refractivity contribution in [2.75, 3.05) is 43.6 Å². The minimum atomic E-state index is 0.0372. The highest BCUT2D eigenvalue weighted by atomic mass is 32.2. The molecule has 0 unspecified atom stereocenters. The predicted molar refractivity (Wildman–Crippen MR) is 75.4 cm³/mol. The van der Waals surface area contributed by atoms with Gasteiger partial charge < -0.3 is 10.1 Å². The summed E-state index contributed by atoms with van der Waals surface area (Å²) in [5.74, 6) is 3.02. The maximum absolute atomic E-state index is 11.9. The quantitative estimate of drug-likeness (QED) is 0.900. The van der Waals surface area contributed by atoms with Crippen LogP contribution >= 0.6 is 11.8 Å². The van der Waals surface area contributed by atoms with E-state index in [0.29, 0.717) is 6.54 Å². The zero-order valence-corrected chi connectivity index (χ0v) is 11.3. The molecule has 4 nitrogen and oxygen atoms in total. The van der Waals surface area contributed by atoms with E-state index in [0.717, 1.165) is 36.0 Å². The molecule has 1 aliphatic heterocycles. The van der Waals surface area contributed by atoms with Gasteiger partial charge in [-0.15, -0.1) is 0 Å². The van der Waals surface area contributed by atoms with Crippen LogP contribution in [0.4, 0.5) is 5.69 Å². The van der Waals surface area contributed by atoms with Crippen LogP contribution in [0.2, 0.25) is 0 Å². The van der Waals surface area contributed by atoms with Gasteiger partial charge in [0, 0.05) is 36.3 Å². The van der Waals surface area contributed by atoms with Crippen molar-refractivity contribution < 1.29 is 9.53 Å². The molecule has 0 saturated carbocycles. The number of carbonyl (C=O) groups excluding carboxylic acids is 1.